The van der Waals surface area contributed by atoms with Crippen molar-refractivity contribution < 1.29 is 13.6 Å². The summed E-state index contributed by atoms with van der Waals surface area (Å²) < 4.78 is 27.7. The topological polar surface area (TPSA) is 75.1 Å². The molecule has 4 rings (SSSR count). The first-order chi connectivity index (χ1) is 13.3. The molecule has 2 aliphatic rings. The van der Waals surface area contributed by atoms with Gasteiger partial charge >= 0.3 is 0 Å². The Morgan fingerprint density at radius 1 is 1.39 bits per heavy atom. The van der Waals surface area contributed by atoms with Crippen LogP contribution in [0.2, 0.25) is 0 Å². The molecule has 7 nitrogen and oxygen atoms in total. The average molecular weight is 390 g/mol. The van der Waals surface area contributed by atoms with Crippen LogP contribution in [0, 0.1) is 6.92 Å². The lowest BCUT2D eigenvalue weighted by Crippen LogP contribution is -2.45. The number of fused-ring (bicyclic) bond motifs is 1. The van der Waals surface area contributed by atoms with Gasteiger partial charge in [-0.3, -0.25) is 9.48 Å². The standard InChI is InChI=1S/C19H24F2N6O/c1-4-14-18(28)25-17-11(2)24-16(5-15(17)26(14)3)22-8-12-9-23-27(10-12)13-6-19(20,21)7-13/h5,9-10,13-14H,4,6-8H2,1-3H3,(H,22,24)(H,25,28)/t14-/m0/s1. The Hall–Kier alpha value is -2.71. The third-order valence-corrected chi connectivity index (χ3v) is 5.54. The van der Waals surface area contributed by atoms with Crippen molar-refractivity contribution >= 4 is 23.1 Å². The molecule has 3 heterocycles. The molecule has 2 aromatic rings. The number of aryl methyl sites for hydroxylation is 1. The number of rotatable bonds is 5. The van der Waals surface area contributed by atoms with Crippen LogP contribution in [0.15, 0.2) is 18.5 Å². The number of aromatic nitrogens is 3. The van der Waals surface area contributed by atoms with E-state index in [0.717, 1.165) is 22.6 Å². The van der Waals surface area contributed by atoms with Gasteiger partial charge in [-0.05, 0) is 13.3 Å². The summed E-state index contributed by atoms with van der Waals surface area (Å²) in [5, 5.41) is 10.4. The van der Waals surface area contributed by atoms with Crippen molar-refractivity contribution in [3.8, 4) is 0 Å². The Balaban J connectivity index is 1.46. The minimum absolute atomic E-state index is 0.0166. The highest BCUT2D eigenvalue weighted by Gasteiger charge is 2.46. The highest BCUT2D eigenvalue weighted by molar-refractivity contribution is 6.04. The van der Waals surface area contributed by atoms with Gasteiger partial charge in [-0.1, -0.05) is 6.92 Å². The van der Waals surface area contributed by atoms with E-state index in [1.807, 2.05) is 31.9 Å². The Morgan fingerprint density at radius 3 is 2.82 bits per heavy atom. The molecular weight excluding hydrogens is 366 g/mol. The summed E-state index contributed by atoms with van der Waals surface area (Å²) in [5.41, 5.74) is 3.30. The number of pyridine rings is 1. The minimum Gasteiger partial charge on any atom is -0.366 e. The first-order valence-electron chi connectivity index (χ1n) is 9.47. The van der Waals surface area contributed by atoms with Crippen molar-refractivity contribution in [2.24, 2.45) is 0 Å². The van der Waals surface area contributed by atoms with Crippen molar-refractivity contribution in [2.75, 3.05) is 22.6 Å². The third-order valence-electron chi connectivity index (χ3n) is 5.54. The van der Waals surface area contributed by atoms with E-state index < -0.39 is 5.92 Å². The zero-order chi connectivity index (χ0) is 20.1. The van der Waals surface area contributed by atoms with Gasteiger partial charge in [-0.15, -0.1) is 0 Å². The number of carbonyl (C=O) groups excluding carboxylic acids is 1. The molecule has 0 aromatic carbocycles. The molecule has 1 amide bonds. The number of amides is 1. The molecule has 2 aromatic heterocycles. The van der Waals surface area contributed by atoms with Crippen LogP contribution in [-0.2, 0) is 11.3 Å². The molecule has 0 spiro atoms. The molecule has 2 N–H and O–H groups in total. The Kier molecular flexibility index (Phi) is 4.47. The number of hydrogen-bond donors (Lipinski definition) is 2. The van der Waals surface area contributed by atoms with Crippen molar-refractivity contribution in [2.45, 2.75) is 57.7 Å². The Labute approximate surface area is 162 Å². The minimum atomic E-state index is -2.56. The monoisotopic (exact) mass is 390 g/mol. The van der Waals surface area contributed by atoms with Crippen LogP contribution in [0.1, 0.15) is 43.5 Å². The summed E-state index contributed by atoms with van der Waals surface area (Å²) in [7, 11) is 1.91. The molecule has 1 fully saturated rings. The fourth-order valence-electron chi connectivity index (χ4n) is 3.87. The molecule has 150 valence electrons. The van der Waals surface area contributed by atoms with E-state index in [9.17, 15) is 13.6 Å². The molecule has 9 heteroatoms. The third kappa shape index (κ3) is 3.29. The number of anilines is 3. The highest BCUT2D eigenvalue weighted by Crippen LogP contribution is 2.45. The average Bonchev–Trinajstić information content (AvgIpc) is 3.08. The highest BCUT2D eigenvalue weighted by atomic mass is 19.3. The second kappa shape index (κ2) is 6.72. The van der Waals surface area contributed by atoms with Crippen molar-refractivity contribution in [3.05, 3.63) is 29.7 Å². The van der Waals surface area contributed by atoms with Crippen molar-refractivity contribution in [1.82, 2.24) is 14.8 Å². The van der Waals surface area contributed by atoms with Gasteiger partial charge in [-0.25, -0.2) is 13.8 Å². The fourth-order valence-corrected chi connectivity index (χ4v) is 3.87. The van der Waals surface area contributed by atoms with E-state index in [2.05, 4.69) is 20.7 Å². The summed E-state index contributed by atoms with van der Waals surface area (Å²) in [4.78, 5) is 18.7. The van der Waals surface area contributed by atoms with Gasteiger partial charge in [0.15, 0.2) is 0 Å². The summed E-state index contributed by atoms with van der Waals surface area (Å²) in [6.45, 7) is 4.33. The quantitative estimate of drug-likeness (QED) is 0.819. The zero-order valence-electron chi connectivity index (χ0n) is 16.2. The molecule has 0 saturated heterocycles. The van der Waals surface area contributed by atoms with Crippen LogP contribution in [-0.4, -0.2) is 39.7 Å². The van der Waals surface area contributed by atoms with Gasteiger partial charge < -0.3 is 15.5 Å². The molecule has 1 saturated carbocycles. The summed E-state index contributed by atoms with van der Waals surface area (Å²) in [5.74, 6) is -1.88. The van der Waals surface area contributed by atoms with Gasteiger partial charge in [0.05, 0.1) is 29.3 Å². The lowest BCUT2D eigenvalue weighted by molar-refractivity contribution is -0.117. The van der Waals surface area contributed by atoms with Gasteiger partial charge in [0, 0.05) is 44.3 Å². The normalized spacial score (nSPS) is 21.1. The van der Waals surface area contributed by atoms with Crippen LogP contribution in [0.5, 0.6) is 0 Å². The van der Waals surface area contributed by atoms with Crippen LogP contribution >= 0.6 is 0 Å². The maximum absolute atomic E-state index is 13.0. The molecule has 0 unspecified atom stereocenters. The number of halogens is 2. The van der Waals surface area contributed by atoms with E-state index in [1.165, 1.54) is 0 Å². The van der Waals surface area contributed by atoms with E-state index >= 15 is 0 Å². The van der Waals surface area contributed by atoms with Gasteiger partial charge in [-0.2, -0.15) is 5.10 Å². The van der Waals surface area contributed by atoms with Crippen LogP contribution in [0.25, 0.3) is 0 Å². The molecule has 1 aliphatic carbocycles. The molecule has 0 bridgehead atoms. The van der Waals surface area contributed by atoms with Crippen LogP contribution in [0.4, 0.5) is 26.0 Å². The lowest BCUT2D eigenvalue weighted by atomic mass is 9.88. The molecular formula is C19H24F2N6O. The van der Waals surface area contributed by atoms with Gasteiger partial charge in [0.25, 0.3) is 5.92 Å². The number of likely N-dealkylation sites (N-methyl/N-ethyl adjacent to an activating group) is 1. The molecule has 1 atom stereocenters. The smallest absolute Gasteiger partial charge is 0.252 e. The first kappa shape index (κ1) is 18.6. The SMILES string of the molecule is CC[C@H]1C(=O)Nc2c(cc(NCc3cnn(C4CC(F)(F)C4)c3)nc2C)N1C. The lowest BCUT2D eigenvalue weighted by Gasteiger charge is -2.35. The maximum atomic E-state index is 13.0. The number of nitrogens with one attached hydrogen (secondary N) is 2. The summed E-state index contributed by atoms with van der Waals surface area (Å²) in [6, 6.07) is 1.48. The van der Waals surface area contributed by atoms with Crippen LogP contribution in [0.3, 0.4) is 0 Å². The molecule has 28 heavy (non-hydrogen) atoms. The van der Waals surface area contributed by atoms with Crippen molar-refractivity contribution in [3.63, 3.8) is 0 Å². The fraction of sp³-hybridized carbons (Fsp3) is 0.526. The zero-order valence-corrected chi connectivity index (χ0v) is 16.2. The van der Waals surface area contributed by atoms with Gasteiger partial charge in [0.2, 0.25) is 5.91 Å². The summed E-state index contributed by atoms with van der Waals surface area (Å²) >= 11 is 0. The Morgan fingerprint density at radius 2 is 2.14 bits per heavy atom. The second-order valence-electron chi connectivity index (χ2n) is 7.61. The summed E-state index contributed by atoms with van der Waals surface area (Å²) in [6.07, 6.45) is 3.91. The largest absolute Gasteiger partial charge is 0.366 e. The van der Waals surface area contributed by atoms with E-state index in [0.29, 0.717) is 18.8 Å². The molecule has 0 radical (unpaired) electrons. The van der Waals surface area contributed by atoms with E-state index in [-0.39, 0.29) is 30.8 Å². The number of alkyl halides is 2. The maximum Gasteiger partial charge on any atom is 0.252 e. The first-order valence-corrected chi connectivity index (χ1v) is 9.47. The molecule has 1 aliphatic heterocycles. The van der Waals surface area contributed by atoms with E-state index in [1.54, 1.807) is 17.1 Å². The number of carbonyl (C=O) groups is 1. The second-order valence-corrected chi connectivity index (χ2v) is 7.61. The van der Waals surface area contributed by atoms with Gasteiger partial charge in [0.1, 0.15) is 11.9 Å². The Bertz CT molecular complexity index is 904. The number of hydrogen-bond acceptors (Lipinski definition) is 5. The van der Waals surface area contributed by atoms with Crippen molar-refractivity contribution in [1.29, 1.82) is 0 Å². The van der Waals surface area contributed by atoms with E-state index in [4.69, 9.17) is 0 Å². The predicted octanol–water partition coefficient (Wildman–Crippen LogP) is 3.34. The predicted molar refractivity (Wildman–Crippen MR) is 103 cm³/mol. The number of nitrogens with zero attached hydrogens (tertiary/aromatic N) is 4. The van der Waals surface area contributed by atoms with Crippen LogP contribution < -0.4 is 15.5 Å².